The van der Waals surface area contributed by atoms with Gasteiger partial charge in [-0.25, -0.2) is 8.42 Å². The van der Waals surface area contributed by atoms with E-state index in [0.29, 0.717) is 17.9 Å². The molecule has 0 radical (unpaired) electrons. The Bertz CT molecular complexity index is 652. The minimum absolute atomic E-state index is 0.0757. The van der Waals surface area contributed by atoms with Gasteiger partial charge in [-0.3, -0.25) is 9.36 Å². The van der Waals surface area contributed by atoms with Gasteiger partial charge in [0.15, 0.2) is 9.84 Å². The number of rotatable bonds is 5. The fourth-order valence-corrected chi connectivity index (χ4v) is 3.04. The van der Waals surface area contributed by atoms with E-state index in [1.165, 1.54) is 0 Å². The predicted octanol–water partition coefficient (Wildman–Crippen LogP) is 0.455. The molecule has 2 aromatic rings. The summed E-state index contributed by atoms with van der Waals surface area (Å²) in [5, 5.41) is 11.8. The molecule has 0 aromatic carbocycles. The zero-order valence-electron chi connectivity index (χ0n) is 11.2. The fourth-order valence-electron chi connectivity index (χ4n) is 1.77. The van der Waals surface area contributed by atoms with Crippen molar-refractivity contribution in [3.8, 4) is 0 Å². The molecule has 0 aliphatic heterocycles. The first-order chi connectivity index (χ1) is 8.89. The molecular formula is C11H17N5O2S. The Morgan fingerprint density at radius 2 is 1.95 bits per heavy atom. The second-order valence-corrected chi connectivity index (χ2v) is 6.56. The Kier molecular flexibility index (Phi) is 3.70. The van der Waals surface area contributed by atoms with E-state index in [-0.39, 0.29) is 11.5 Å². The van der Waals surface area contributed by atoms with Crippen LogP contribution < -0.4 is 0 Å². The van der Waals surface area contributed by atoms with Gasteiger partial charge in [0, 0.05) is 25.5 Å². The normalized spacial score (nSPS) is 11.9. The molecule has 2 aromatic heterocycles. The van der Waals surface area contributed by atoms with E-state index < -0.39 is 9.84 Å². The lowest BCUT2D eigenvalue weighted by Crippen LogP contribution is -2.08. The lowest BCUT2D eigenvalue weighted by Gasteiger charge is -1.99. The number of sulfone groups is 1. The SMILES string of the molecule is CCn1cc(CS(=O)(=O)Cc2cc(C)n(C)n2)nn1. The number of nitrogens with zero attached hydrogens (tertiary/aromatic N) is 5. The van der Waals surface area contributed by atoms with Crippen LogP contribution in [0.1, 0.15) is 24.0 Å². The summed E-state index contributed by atoms with van der Waals surface area (Å²) in [5.74, 6) is -0.184. The number of aryl methyl sites for hydroxylation is 3. The van der Waals surface area contributed by atoms with E-state index in [1.807, 2.05) is 13.8 Å². The molecule has 0 fully saturated rings. The van der Waals surface area contributed by atoms with E-state index in [0.717, 1.165) is 5.69 Å². The lowest BCUT2D eigenvalue weighted by atomic mass is 10.4. The topological polar surface area (TPSA) is 82.7 Å². The maximum Gasteiger partial charge on any atom is 0.161 e. The van der Waals surface area contributed by atoms with E-state index in [2.05, 4.69) is 15.4 Å². The molecule has 0 spiro atoms. The van der Waals surface area contributed by atoms with Crippen LogP contribution in [-0.4, -0.2) is 33.2 Å². The second-order valence-electron chi connectivity index (χ2n) is 4.50. The first-order valence-electron chi connectivity index (χ1n) is 5.98. The zero-order valence-corrected chi connectivity index (χ0v) is 12.1. The van der Waals surface area contributed by atoms with Crippen LogP contribution in [0.15, 0.2) is 12.3 Å². The van der Waals surface area contributed by atoms with Crippen molar-refractivity contribution >= 4 is 9.84 Å². The molecule has 19 heavy (non-hydrogen) atoms. The average molecular weight is 283 g/mol. The Labute approximate surface area is 112 Å². The Morgan fingerprint density at radius 1 is 1.26 bits per heavy atom. The third kappa shape index (κ3) is 3.40. The number of hydrogen-bond donors (Lipinski definition) is 0. The minimum Gasteiger partial charge on any atom is -0.273 e. The van der Waals surface area contributed by atoms with E-state index >= 15 is 0 Å². The van der Waals surface area contributed by atoms with Crippen molar-refractivity contribution in [2.45, 2.75) is 31.9 Å². The molecule has 104 valence electrons. The number of hydrogen-bond acceptors (Lipinski definition) is 5. The third-order valence-corrected chi connectivity index (χ3v) is 4.28. The fraction of sp³-hybridized carbons (Fsp3) is 0.545. The highest BCUT2D eigenvalue weighted by atomic mass is 32.2. The van der Waals surface area contributed by atoms with Gasteiger partial charge in [-0.05, 0) is 19.9 Å². The molecule has 0 aliphatic carbocycles. The largest absolute Gasteiger partial charge is 0.273 e. The molecule has 2 heterocycles. The van der Waals surface area contributed by atoms with Gasteiger partial charge in [0.25, 0.3) is 0 Å². The van der Waals surface area contributed by atoms with Gasteiger partial charge >= 0.3 is 0 Å². The van der Waals surface area contributed by atoms with Crippen molar-refractivity contribution in [2.24, 2.45) is 7.05 Å². The van der Waals surface area contributed by atoms with E-state index in [1.54, 1.807) is 28.7 Å². The van der Waals surface area contributed by atoms with Crippen LogP contribution in [0.2, 0.25) is 0 Å². The van der Waals surface area contributed by atoms with Crippen LogP contribution in [0, 0.1) is 6.92 Å². The Balaban J connectivity index is 2.10. The van der Waals surface area contributed by atoms with Gasteiger partial charge in [0.1, 0.15) is 0 Å². The highest BCUT2D eigenvalue weighted by Crippen LogP contribution is 2.11. The molecule has 0 aliphatic rings. The van der Waals surface area contributed by atoms with Gasteiger partial charge in [-0.1, -0.05) is 5.21 Å². The summed E-state index contributed by atoms with van der Waals surface area (Å²) in [6, 6.07) is 1.78. The van der Waals surface area contributed by atoms with Crippen LogP contribution in [0.5, 0.6) is 0 Å². The van der Waals surface area contributed by atoms with Crippen molar-refractivity contribution < 1.29 is 8.42 Å². The van der Waals surface area contributed by atoms with E-state index in [9.17, 15) is 8.42 Å². The molecule has 0 N–H and O–H groups in total. The highest BCUT2D eigenvalue weighted by Gasteiger charge is 2.17. The number of aromatic nitrogens is 5. The smallest absolute Gasteiger partial charge is 0.161 e. The van der Waals surface area contributed by atoms with Crippen molar-refractivity contribution in [3.05, 3.63) is 29.3 Å². The van der Waals surface area contributed by atoms with Crippen LogP contribution in [-0.2, 0) is 34.9 Å². The summed E-state index contributed by atoms with van der Waals surface area (Å²) >= 11 is 0. The summed E-state index contributed by atoms with van der Waals surface area (Å²) in [5.41, 5.74) is 1.96. The summed E-state index contributed by atoms with van der Waals surface area (Å²) in [6.45, 7) is 4.48. The Hall–Kier alpha value is -1.70. The molecule has 0 saturated carbocycles. The second kappa shape index (κ2) is 5.12. The molecule has 0 atom stereocenters. The highest BCUT2D eigenvalue weighted by molar-refractivity contribution is 7.89. The maximum atomic E-state index is 12.1. The zero-order chi connectivity index (χ0) is 14.0. The van der Waals surface area contributed by atoms with Crippen molar-refractivity contribution in [3.63, 3.8) is 0 Å². The Morgan fingerprint density at radius 3 is 2.47 bits per heavy atom. The van der Waals surface area contributed by atoms with Crippen LogP contribution in [0.4, 0.5) is 0 Å². The summed E-state index contributed by atoms with van der Waals surface area (Å²) in [7, 11) is -1.49. The van der Waals surface area contributed by atoms with Gasteiger partial charge in [0.05, 0.1) is 22.9 Å². The van der Waals surface area contributed by atoms with E-state index in [4.69, 9.17) is 0 Å². The standard InChI is InChI=1S/C11H17N5O2S/c1-4-16-6-11(12-14-16)8-19(17,18)7-10-5-9(2)15(3)13-10/h5-6H,4,7-8H2,1-3H3. The molecule has 0 amide bonds. The first-order valence-corrected chi connectivity index (χ1v) is 7.80. The summed E-state index contributed by atoms with van der Waals surface area (Å²) < 4.78 is 27.4. The molecule has 7 nitrogen and oxygen atoms in total. The van der Waals surface area contributed by atoms with Gasteiger partial charge in [-0.15, -0.1) is 5.10 Å². The van der Waals surface area contributed by atoms with Crippen LogP contribution in [0.3, 0.4) is 0 Å². The molecule has 0 saturated heterocycles. The predicted molar refractivity (Wildman–Crippen MR) is 70.0 cm³/mol. The summed E-state index contributed by atoms with van der Waals surface area (Å²) in [4.78, 5) is 0. The monoisotopic (exact) mass is 283 g/mol. The average Bonchev–Trinajstić information content (AvgIpc) is 2.85. The molecular weight excluding hydrogens is 266 g/mol. The molecule has 0 bridgehead atoms. The molecule has 8 heteroatoms. The maximum absolute atomic E-state index is 12.1. The van der Waals surface area contributed by atoms with Gasteiger partial charge in [-0.2, -0.15) is 5.10 Å². The van der Waals surface area contributed by atoms with Crippen molar-refractivity contribution in [1.29, 1.82) is 0 Å². The summed E-state index contributed by atoms with van der Waals surface area (Å²) in [6.07, 6.45) is 1.65. The molecule has 0 unspecified atom stereocenters. The van der Waals surface area contributed by atoms with Crippen molar-refractivity contribution in [2.75, 3.05) is 0 Å². The lowest BCUT2D eigenvalue weighted by molar-refractivity contribution is 0.592. The van der Waals surface area contributed by atoms with Gasteiger partial charge in [0.2, 0.25) is 0 Å². The quantitative estimate of drug-likeness (QED) is 0.796. The van der Waals surface area contributed by atoms with Crippen LogP contribution >= 0.6 is 0 Å². The third-order valence-electron chi connectivity index (χ3n) is 2.81. The molecule has 2 rings (SSSR count). The van der Waals surface area contributed by atoms with Crippen molar-refractivity contribution in [1.82, 2.24) is 24.8 Å². The van der Waals surface area contributed by atoms with Crippen LogP contribution in [0.25, 0.3) is 0 Å². The first kappa shape index (κ1) is 13.7. The minimum atomic E-state index is -3.28. The van der Waals surface area contributed by atoms with Gasteiger partial charge < -0.3 is 0 Å².